The first kappa shape index (κ1) is 21.1. The molecule has 1 saturated carbocycles. The lowest BCUT2D eigenvalue weighted by Gasteiger charge is -2.32. The third-order valence-electron chi connectivity index (χ3n) is 5.68. The monoisotopic (exact) mass is 436 g/mol. The van der Waals surface area contributed by atoms with Crippen molar-refractivity contribution >= 4 is 33.4 Å². The summed E-state index contributed by atoms with van der Waals surface area (Å²) in [5.74, 6) is -0.998. The van der Waals surface area contributed by atoms with E-state index in [0.29, 0.717) is 17.7 Å². The molecule has 4 rings (SSSR count). The minimum atomic E-state index is -0.989. The number of fused-ring (bicyclic) bond motifs is 1. The maximum atomic E-state index is 12.7. The van der Waals surface area contributed by atoms with Gasteiger partial charge in [-0.3, -0.25) is 4.79 Å². The largest absolute Gasteiger partial charge is 0.448 e. The van der Waals surface area contributed by atoms with Crippen LogP contribution in [-0.4, -0.2) is 33.3 Å². The van der Waals surface area contributed by atoms with Crippen molar-refractivity contribution in [3.8, 4) is 11.8 Å². The zero-order valence-corrected chi connectivity index (χ0v) is 18.4. The fourth-order valence-electron chi connectivity index (χ4n) is 3.92. The van der Waals surface area contributed by atoms with Crippen molar-refractivity contribution in [1.82, 2.24) is 15.1 Å². The van der Waals surface area contributed by atoms with Crippen molar-refractivity contribution in [2.24, 2.45) is 0 Å². The number of rotatable bonds is 5. The predicted molar refractivity (Wildman–Crippen MR) is 118 cm³/mol. The molecule has 0 spiro atoms. The molecule has 1 atom stereocenters. The van der Waals surface area contributed by atoms with Crippen LogP contribution in [0.2, 0.25) is 0 Å². The molecule has 1 aromatic carbocycles. The molecular formula is C23H24N4O3S. The summed E-state index contributed by atoms with van der Waals surface area (Å²) in [5.41, 5.74) is 0.863. The Morgan fingerprint density at radius 2 is 1.97 bits per heavy atom. The second kappa shape index (κ2) is 8.52. The number of carbonyl (C=O) groups is 2. The molecule has 1 N–H and O–H groups in total. The van der Waals surface area contributed by atoms with Gasteiger partial charge >= 0.3 is 5.97 Å². The number of benzene rings is 1. The smallest absolute Gasteiger partial charge is 0.349 e. The molecule has 1 unspecified atom stereocenters. The van der Waals surface area contributed by atoms with Gasteiger partial charge in [0.2, 0.25) is 0 Å². The quantitative estimate of drug-likeness (QED) is 0.602. The molecule has 1 fully saturated rings. The standard InChI is InChI=1S/C23H24N4O3S/c1-15-18-13-19(31-21(18)27(26-15)17-9-5-3-6-10-17)22(29)30-16(2)20(28)25-23(14-24)11-7-4-8-12-23/h3,5-6,9-10,13,16H,4,7-8,11-12H2,1-2H3,(H,25,28). The van der Waals surface area contributed by atoms with E-state index in [4.69, 9.17) is 4.74 Å². The number of carbonyl (C=O) groups excluding carboxylic acids is 2. The van der Waals surface area contributed by atoms with Crippen molar-refractivity contribution in [3.05, 3.63) is 47.0 Å². The van der Waals surface area contributed by atoms with E-state index in [-0.39, 0.29) is 0 Å². The number of para-hydroxylation sites is 1. The molecule has 2 aromatic heterocycles. The van der Waals surface area contributed by atoms with Crippen molar-refractivity contribution in [3.63, 3.8) is 0 Å². The first-order chi connectivity index (χ1) is 14.9. The summed E-state index contributed by atoms with van der Waals surface area (Å²) in [5, 5.41) is 17.8. The lowest BCUT2D eigenvalue weighted by Crippen LogP contribution is -2.52. The number of nitrogens with one attached hydrogen (secondary N) is 1. The van der Waals surface area contributed by atoms with Crippen LogP contribution in [0.3, 0.4) is 0 Å². The number of aromatic nitrogens is 2. The zero-order valence-electron chi connectivity index (χ0n) is 17.6. The van der Waals surface area contributed by atoms with Gasteiger partial charge in [0.1, 0.15) is 15.2 Å². The number of hydrogen-bond donors (Lipinski definition) is 1. The van der Waals surface area contributed by atoms with Crippen molar-refractivity contribution in [2.45, 2.75) is 57.6 Å². The number of ether oxygens (including phenoxy) is 1. The second-order valence-corrected chi connectivity index (χ2v) is 8.98. The first-order valence-electron chi connectivity index (χ1n) is 10.4. The van der Waals surface area contributed by atoms with Crippen LogP contribution in [0, 0.1) is 18.3 Å². The summed E-state index contributed by atoms with van der Waals surface area (Å²) in [6.45, 7) is 3.43. The Balaban J connectivity index is 1.49. The predicted octanol–water partition coefficient (Wildman–Crippen LogP) is 4.28. The molecule has 3 aromatic rings. The van der Waals surface area contributed by atoms with Gasteiger partial charge in [-0.2, -0.15) is 10.4 Å². The molecule has 0 bridgehead atoms. The normalized spacial score (nSPS) is 16.4. The van der Waals surface area contributed by atoms with Gasteiger partial charge in [-0.05, 0) is 44.9 Å². The molecular weight excluding hydrogens is 412 g/mol. The second-order valence-electron chi connectivity index (χ2n) is 7.95. The van der Waals surface area contributed by atoms with E-state index >= 15 is 0 Å². The summed E-state index contributed by atoms with van der Waals surface area (Å²) in [4.78, 5) is 26.6. The van der Waals surface area contributed by atoms with E-state index < -0.39 is 23.5 Å². The van der Waals surface area contributed by atoms with Crippen LogP contribution in [0.1, 0.15) is 54.4 Å². The van der Waals surface area contributed by atoms with Gasteiger partial charge in [0.05, 0.1) is 17.5 Å². The summed E-state index contributed by atoms with van der Waals surface area (Å²) in [7, 11) is 0. The Bertz CT molecular complexity index is 1150. The summed E-state index contributed by atoms with van der Waals surface area (Å²) in [6.07, 6.45) is 3.14. The minimum absolute atomic E-state index is 0.410. The summed E-state index contributed by atoms with van der Waals surface area (Å²) >= 11 is 1.28. The summed E-state index contributed by atoms with van der Waals surface area (Å²) < 4.78 is 7.24. The Morgan fingerprint density at radius 3 is 2.65 bits per heavy atom. The maximum Gasteiger partial charge on any atom is 0.349 e. The molecule has 8 heteroatoms. The lowest BCUT2D eigenvalue weighted by atomic mass is 9.83. The van der Waals surface area contributed by atoms with E-state index in [9.17, 15) is 14.9 Å². The third kappa shape index (κ3) is 4.19. The molecule has 0 saturated heterocycles. The number of amides is 1. The highest BCUT2D eigenvalue weighted by Crippen LogP contribution is 2.31. The average molecular weight is 437 g/mol. The number of esters is 1. The van der Waals surface area contributed by atoms with E-state index in [2.05, 4.69) is 16.5 Å². The molecule has 1 amide bonds. The summed E-state index contributed by atoms with van der Waals surface area (Å²) in [6, 6.07) is 13.7. The van der Waals surface area contributed by atoms with Crippen LogP contribution in [0.5, 0.6) is 0 Å². The molecule has 31 heavy (non-hydrogen) atoms. The fraction of sp³-hybridized carbons (Fsp3) is 0.391. The van der Waals surface area contributed by atoms with E-state index in [0.717, 1.165) is 40.9 Å². The van der Waals surface area contributed by atoms with E-state index in [1.165, 1.54) is 18.3 Å². The molecule has 1 aliphatic rings. The SMILES string of the molecule is Cc1nn(-c2ccccc2)c2sc(C(=O)OC(C)C(=O)NC3(C#N)CCCCC3)cc12. The van der Waals surface area contributed by atoms with Crippen molar-refractivity contribution in [2.75, 3.05) is 0 Å². The number of nitrogens with zero attached hydrogens (tertiary/aromatic N) is 3. The van der Waals surface area contributed by atoms with Crippen LogP contribution in [0.4, 0.5) is 0 Å². The topological polar surface area (TPSA) is 97.0 Å². The van der Waals surface area contributed by atoms with Crippen LogP contribution < -0.4 is 5.32 Å². The van der Waals surface area contributed by atoms with Crippen LogP contribution in [0.25, 0.3) is 15.9 Å². The van der Waals surface area contributed by atoms with Crippen molar-refractivity contribution < 1.29 is 14.3 Å². The van der Waals surface area contributed by atoms with Gasteiger partial charge in [0, 0.05) is 5.39 Å². The highest BCUT2D eigenvalue weighted by Gasteiger charge is 2.35. The number of hydrogen-bond acceptors (Lipinski definition) is 6. The van der Waals surface area contributed by atoms with Crippen LogP contribution >= 0.6 is 11.3 Å². The van der Waals surface area contributed by atoms with Gasteiger partial charge in [-0.25, -0.2) is 9.48 Å². The molecule has 0 radical (unpaired) electrons. The zero-order chi connectivity index (χ0) is 22.0. The van der Waals surface area contributed by atoms with Gasteiger partial charge in [0.25, 0.3) is 5.91 Å². The molecule has 160 valence electrons. The Morgan fingerprint density at radius 1 is 1.26 bits per heavy atom. The first-order valence-corrected chi connectivity index (χ1v) is 11.2. The Labute approximate surface area is 184 Å². The van der Waals surface area contributed by atoms with Gasteiger partial charge in [0.15, 0.2) is 6.10 Å². The van der Waals surface area contributed by atoms with E-state index in [1.54, 1.807) is 6.07 Å². The number of aryl methyl sites for hydroxylation is 1. The molecule has 0 aliphatic heterocycles. The highest BCUT2D eigenvalue weighted by atomic mass is 32.1. The van der Waals surface area contributed by atoms with E-state index in [1.807, 2.05) is 41.9 Å². The number of nitriles is 1. The lowest BCUT2D eigenvalue weighted by molar-refractivity contribution is -0.130. The average Bonchev–Trinajstić information content (AvgIpc) is 3.35. The Kier molecular flexibility index (Phi) is 5.79. The molecule has 2 heterocycles. The molecule has 1 aliphatic carbocycles. The minimum Gasteiger partial charge on any atom is -0.448 e. The molecule has 7 nitrogen and oxygen atoms in total. The van der Waals surface area contributed by atoms with Crippen LogP contribution in [0.15, 0.2) is 36.4 Å². The number of thiophene rings is 1. The van der Waals surface area contributed by atoms with Gasteiger partial charge in [-0.15, -0.1) is 11.3 Å². The van der Waals surface area contributed by atoms with Gasteiger partial charge in [-0.1, -0.05) is 37.5 Å². The van der Waals surface area contributed by atoms with Crippen molar-refractivity contribution in [1.29, 1.82) is 5.26 Å². The Hall–Kier alpha value is -3.18. The maximum absolute atomic E-state index is 12.7. The third-order valence-corrected chi connectivity index (χ3v) is 6.77. The highest BCUT2D eigenvalue weighted by molar-refractivity contribution is 7.20. The van der Waals surface area contributed by atoms with Crippen LogP contribution in [-0.2, 0) is 9.53 Å². The fourth-order valence-corrected chi connectivity index (χ4v) is 4.99. The van der Waals surface area contributed by atoms with Gasteiger partial charge < -0.3 is 10.1 Å².